The fourth-order valence-electron chi connectivity index (χ4n) is 2.59. The van der Waals surface area contributed by atoms with Crippen molar-refractivity contribution in [2.75, 3.05) is 18.1 Å². The summed E-state index contributed by atoms with van der Waals surface area (Å²) in [7, 11) is 0. The van der Waals surface area contributed by atoms with Crippen LogP contribution in [-0.2, 0) is 0 Å². The molecule has 3 heteroatoms. The van der Waals surface area contributed by atoms with Gasteiger partial charge in [0.15, 0.2) is 0 Å². The fourth-order valence-corrected chi connectivity index (χ4v) is 3.90. The Morgan fingerprint density at radius 3 is 2.73 bits per heavy atom. The smallest absolute Gasteiger partial charge is 0.0546 e. The van der Waals surface area contributed by atoms with Crippen molar-refractivity contribution in [2.45, 2.75) is 45.3 Å². The monoisotopic (exact) mass is 229 g/mol. The van der Waals surface area contributed by atoms with Crippen LogP contribution in [0.3, 0.4) is 0 Å². The van der Waals surface area contributed by atoms with E-state index in [9.17, 15) is 5.11 Å². The lowest BCUT2D eigenvalue weighted by Gasteiger charge is -2.38. The molecule has 0 amide bonds. The number of aliphatic hydroxyl groups excluding tert-OH is 1. The van der Waals surface area contributed by atoms with E-state index in [0.29, 0.717) is 11.5 Å². The van der Waals surface area contributed by atoms with E-state index in [2.05, 4.69) is 30.9 Å². The van der Waals surface area contributed by atoms with Gasteiger partial charge in [0.05, 0.1) is 6.10 Å². The first kappa shape index (κ1) is 11.7. The van der Waals surface area contributed by atoms with E-state index in [-0.39, 0.29) is 6.10 Å². The normalized spacial score (nSPS) is 39.8. The van der Waals surface area contributed by atoms with Gasteiger partial charge in [-0.2, -0.15) is 11.8 Å². The molecule has 1 aliphatic carbocycles. The number of hydrogen-bond acceptors (Lipinski definition) is 3. The van der Waals surface area contributed by atoms with Gasteiger partial charge in [0.25, 0.3) is 0 Å². The number of aliphatic hydroxyl groups is 1. The summed E-state index contributed by atoms with van der Waals surface area (Å²) in [4.78, 5) is 0. The highest BCUT2D eigenvalue weighted by Crippen LogP contribution is 2.34. The van der Waals surface area contributed by atoms with Crippen LogP contribution in [0.4, 0.5) is 0 Å². The molecule has 0 radical (unpaired) electrons. The second-order valence-corrected chi connectivity index (χ2v) is 7.01. The summed E-state index contributed by atoms with van der Waals surface area (Å²) in [6, 6.07) is 0.691. The molecule has 0 aromatic heterocycles. The third kappa shape index (κ3) is 3.36. The minimum Gasteiger partial charge on any atom is -0.393 e. The van der Waals surface area contributed by atoms with E-state index in [0.717, 1.165) is 25.3 Å². The van der Waals surface area contributed by atoms with Gasteiger partial charge in [-0.1, -0.05) is 13.8 Å². The van der Waals surface area contributed by atoms with Crippen LogP contribution in [-0.4, -0.2) is 35.3 Å². The predicted octanol–water partition coefficient (Wildman–Crippen LogP) is 1.88. The van der Waals surface area contributed by atoms with Crippen molar-refractivity contribution in [3.05, 3.63) is 0 Å². The minimum absolute atomic E-state index is 0.00558. The molecule has 2 aliphatic rings. The molecular formula is C12H23NOS. The van der Waals surface area contributed by atoms with Crippen molar-refractivity contribution in [2.24, 2.45) is 11.3 Å². The summed E-state index contributed by atoms with van der Waals surface area (Å²) in [5.74, 6) is 3.29. The van der Waals surface area contributed by atoms with Crippen LogP contribution in [0, 0.1) is 11.3 Å². The Bertz CT molecular complexity index is 214. The van der Waals surface area contributed by atoms with Crippen LogP contribution in [0.2, 0.25) is 0 Å². The molecule has 2 N–H and O–H groups in total. The molecule has 1 saturated carbocycles. The van der Waals surface area contributed by atoms with Crippen molar-refractivity contribution in [1.29, 1.82) is 0 Å². The largest absolute Gasteiger partial charge is 0.393 e. The van der Waals surface area contributed by atoms with Gasteiger partial charge < -0.3 is 10.4 Å². The molecule has 88 valence electrons. The lowest BCUT2D eigenvalue weighted by Crippen LogP contribution is -2.45. The Morgan fingerprint density at radius 2 is 2.13 bits per heavy atom. The van der Waals surface area contributed by atoms with E-state index in [1.54, 1.807) is 0 Å². The highest BCUT2D eigenvalue weighted by molar-refractivity contribution is 7.99. The maximum absolute atomic E-state index is 9.21. The van der Waals surface area contributed by atoms with Gasteiger partial charge in [-0.3, -0.25) is 0 Å². The zero-order chi connectivity index (χ0) is 10.9. The first-order valence-corrected chi connectivity index (χ1v) is 7.20. The molecule has 0 aromatic rings. The van der Waals surface area contributed by atoms with Gasteiger partial charge in [-0.05, 0) is 42.9 Å². The quantitative estimate of drug-likeness (QED) is 0.775. The summed E-state index contributed by atoms with van der Waals surface area (Å²) in [5.41, 5.74) is 0.500. The molecule has 1 saturated heterocycles. The lowest BCUT2D eigenvalue weighted by molar-refractivity contribution is 0.0415. The molecule has 1 aliphatic heterocycles. The van der Waals surface area contributed by atoms with Crippen LogP contribution in [0.5, 0.6) is 0 Å². The standard InChI is InChI=1S/C12H23NOS/c1-12(2)5-10(7-15-8-12)13-6-9-3-11(14)4-9/h9-11,13-14H,3-8H2,1-2H3. The third-order valence-electron chi connectivity index (χ3n) is 3.52. The molecule has 15 heavy (non-hydrogen) atoms. The zero-order valence-electron chi connectivity index (χ0n) is 9.83. The van der Waals surface area contributed by atoms with Crippen molar-refractivity contribution in [1.82, 2.24) is 5.32 Å². The fraction of sp³-hybridized carbons (Fsp3) is 1.00. The number of nitrogens with one attached hydrogen (secondary N) is 1. The van der Waals surface area contributed by atoms with Gasteiger partial charge in [-0.15, -0.1) is 0 Å². The molecule has 0 spiro atoms. The lowest BCUT2D eigenvalue weighted by atomic mass is 9.82. The summed E-state index contributed by atoms with van der Waals surface area (Å²) < 4.78 is 0. The van der Waals surface area contributed by atoms with Gasteiger partial charge in [-0.25, -0.2) is 0 Å². The molecule has 1 unspecified atom stereocenters. The van der Waals surface area contributed by atoms with Gasteiger partial charge >= 0.3 is 0 Å². The first-order chi connectivity index (χ1) is 7.05. The summed E-state index contributed by atoms with van der Waals surface area (Å²) in [6.45, 7) is 5.83. The van der Waals surface area contributed by atoms with E-state index in [1.807, 2.05) is 0 Å². The van der Waals surface area contributed by atoms with E-state index < -0.39 is 0 Å². The van der Waals surface area contributed by atoms with Crippen molar-refractivity contribution < 1.29 is 5.11 Å². The second-order valence-electron chi connectivity index (χ2n) is 5.98. The maximum Gasteiger partial charge on any atom is 0.0546 e. The zero-order valence-corrected chi connectivity index (χ0v) is 10.6. The summed E-state index contributed by atoms with van der Waals surface area (Å²) in [6.07, 6.45) is 3.32. The minimum atomic E-state index is -0.00558. The highest BCUT2D eigenvalue weighted by Gasteiger charge is 2.31. The number of hydrogen-bond donors (Lipinski definition) is 2. The SMILES string of the molecule is CC1(C)CSCC(NCC2CC(O)C2)C1. The van der Waals surface area contributed by atoms with Crippen LogP contribution in [0.15, 0.2) is 0 Å². The summed E-state index contributed by atoms with van der Waals surface area (Å²) >= 11 is 2.08. The Kier molecular flexibility index (Phi) is 3.63. The van der Waals surface area contributed by atoms with Crippen LogP contribution in [0.1, 0.15) is 33.1 Å². The van der Waals surface area contributed by atoms with Gasteiger partial charge in [0.2, 0.25) is 0 Å². The van der Waals surface area contributed by atoms with E-state index in [4.69, 9.17) is 0 Å². The van der Waals surface area contributed by atoms with Crippen molar-refractivity contribution >= 4 is 11.8 Å². The highest BCUT2D eigenvalue weighted by atomic mass is 32.2. The number of thioether (sulfide) groups is 1. The molecule has 1 heterocycles. The Hall–Kier alpha value is 0.270. The predicted molar refractivity (Wildman–Crippen MR) is 66.2 cm³/mol. The first-order valence-electron chi connectivity index (χ1n) is 6.04. The van der Waals surface area contributed by atoms with Crippen LogP contribution >= 0.6 is 11.8 Å². The average Bonchev–Trinajstić information content (AvgIpc) is 2.09. The van der Waals surface area contributed by atoms with Crippen molar-refractivity contribution in [3.63, 3.8) is 0 Å². The second kappa shape index (κ2) is 4.64. The molecular weight excluding hydrogens is 206 g/mol. The average molecular weight is 229 g/mol. The van der Waals surface area contributed by atoms with Crippen LogP contribution in [0.25, 0.3) is 0 Å². The molecule has 1 atom stereocenters. The van der Waals surface area contributed by atoms with Gasteiger partial charge in [0.1, 0.15) is 0 Å². The molecule has 0 aromatic carbocycles. The molecule has 2 rings (SSSR count). The topological polar surface area (TPSA) is 32.3 Å². The molecule has 0 bridgehead atoms. The Morgan fingerprint density at radius 1 is 1.40 bits per heavy atom. The van der Waals surface area contributed by atoms with Gasteiger partial charge in [0, 0.05) is 11.8 Å². The van der Waals surface area contributed by atoms with E-state index >= 15 is 0 Å². The maximum atomic E-state index is 9.21. The Balaban J connectivity index is 1.66. The summed E-state index contributed by atoms with van der Waals surface area (Å²) in [5, 5.41) is 12.9. The third-order valence-corrected chi connectivity index (χ3v) is 5.14. The Labute approximate surface area is 97.2 Å². The molecule has 2 fully saturated rings. The number of rotatable bonds is 3. The molecule has 2 nitrogen and oxygen atoms in total. The van der Waals surface area contributed by atoms with Crippen molar-refractivity contribution in [3.8, 4) is 0 Å². The van der Waals surface area contributed by atoms with E-state index in [1.165, 1.54) is 17.9 Å². The van der Waals surface area contributed by atoms with Crippen LogP contribution < -0.4 is 5.32 Å².